The van der Waals surface area contributed by atoms with Crippen LogP contribution < -0.4 is 20.3 Å². The van der Waals surface area contributed by atoms with E-state index >= 15 is 0 Å². The molecule has 3 rings (SSSR count). The third kappa shape index (κ3) is 8.90. The molecule has 1 unspecified atom stereocenters. The summed E-state index contributed by atoms with van der Waals surface area (Å²) in [5, 5.41) is 6.68. The third-order valence-corrected chi connectivity index (χ3v) is 4.76. The zero-order valence-corrected chi connectivity index (χ0v) is 20.7. The summed E-state index contributed by atoms with van der Waals surface area (Å²) < 4.78 is 11.4. The molecule has 31 heavy (non-hydrogen) atoms. The van der Waals surface area contributed by atoms with Crippen molar-refractivity contribution in [2.24, 2.45) is 4.99 Å². The minimum atomic E-state index is 0. The van der Waals surface area contributed by atoms with Crippen LogP contribution in [0.25, 0.3) is 0 Å². The monoisotopic (exact) mass is 539 g/mol. The summed E-state index contributed by atoms with van der Waals surface area (Å²) >= 11 is 0. The van der Waals surface area contributed by atoms with Gasteiger partial charge in [-0.05, 0) is 50.1 Å². The normalized spacial score (nSPS) is 16.4. The van der Waals surface area contributed by atoms with Crippen LogP contribution in [0.1, 0.15) is 25.8 Å². The number of rotatable bonds is 9. The summed E-state index contributed by atoms with van der Waals surface area (Å²) in [6, 6.07) is 14.0. The molecule has 170 valence electrons. The number of ether oxygens (including phenoxy) is 2. The molecule has 1 fully saturated rings. The first-order valence-electron chi connectivity index (χ1n) is 10.8. The second kappa shape index (κ2) is 14.1. The van der Waals surface area contributed by atoms with Crippen molar-refractivity contribution in [1.82, 2.24) is 15.6 Å². The van der Waals surface area contributed by atoms with Crippen LogP contribution in [0.5, 0.6) is 5.75 Å². The molecule has 0 aliphatic carbocycles. The fraction of sp³-hybridized carbons (Fsp3) is 0.478. The van der Waals surface area contributed by atoms with Gasteiger partial charge in [-0.25, -0.2) is 9.98 Å². The highest BCUT2D eigenvalue weighted by Crippen LogP contribution is 2.17. The van der Waals surface area contributed by atoms with Crippen LogP contribution >= 0.6 is 24.0 Å². The Morgan fingerprint density at radius 3 is 2.87 bits per heavy atom. The highest BCUT2D eigenvalue weighted by molar-refractivity contribution is 14.0. The van der Waals surface area contributed by atoms with Crippen molar-refractivity contribution in [2.75, 3.05) is 44.3 Å². The molecule has 1 aliphatic heterocycles. The fourth-order valence-corrected chi connectivity index (χ4v) is 3.26. The van der Waals surface area contributed by atoms with Crippen molar-refractivity contribution < 1.29 is 9.47 Å². The Hall–Kier alpha value is -2.07. The second-order valence-corrected chi connectivity index (χ2v) is 7.29. The number of nitrogens with zero attached hydrogens (tertiary/aromatic N) is 3. The van der Waals surface area contributed by atoms with Crippen molar-refractivity contribution in [3.05, 3.63) is 54.2 Å². The Labute approximate surface area is 202 Å². The molecule has 0 saturated carbocycles. The van der Waals surface area contributed by atoms with Crippen LogP contribution in [0.4, 0.5) is 5.82 Å². The first kappa shape index (κ1) is 25.2. The number of hydrogen-bond acceptors (Lipinski definition) is 5. The summed E-state index contributed by atoms with van der Waals surface area (Å²) in [6.07, 6.45) is 2.99. The molecule has 1 atom stereocenters. The smallest absolute Gasteiger partial charge is 0.191 e. The van der Waals surface area contributed by atoms with Crippen molar-refractivity contribution in [2.45, 2.75) is 32.9 Å². The molecule has 0 bridgehead atoms. The predicted molar refractivity (Wildman–Crippen MR) is 137 cm³/mol. The summed E-state index contributed by atoms with van der Waals surface area (Å²) in [6.45, 7) is 9.54. The minimum absolute atomic E-state index is 0. The molecule has 8 heteroatoms. The number of halogens is 1. The molecule has 0 spiro atoms. The van der Waals surface area contributed by atoms with Gasteiger partial charge in [0.2, 0.25) is 0 Å². The van der Waals surface area contributed by atoms with Gasteiger partial charge in [0, 0.05) is 32.4 Å². The van der Waals surface area contributed by atoms with Crippen LogP contribution in [-0.4, -0.2) is 56.4 Å². The minimum Gasteiger partial charge on any atom is -0.494 e. The Morgan fingerprint density at radius 2 is 2.10 bits per heavy atom. The van der Waals surface area contributed by atoms with E-state index in [1.54, 1.807) is 0 Å². The number of pyridine rings is 1. The largest absolute Gasteiger partial charge is 0.494 e. The number of aromatic nitrogens is 1. The number of nitrogens with one attached hydrogen (secondary N) is 2. The van der Waals surface area contributed by atoms with E-state index < -0.39 is 0 Å². The van der Waals surface area contributed by atoms with E-state index in [0.29, 0.717) is 13.2 Å². The van der Waals surface area contributed by atoms with Crippen molar-refractivity contribution in [3.63, 3.8) is 0 Å². The zero-order chi connectivity index (χ0) is 21.0. The Kier molecular flexibility index (Phi) is 11.4. The van der Waals surface area contributed by atoms with Gasteiger partial charge in [-0.15, -0.1) is 24.0 Å². The molecule has 0 amide bonds. The quantitative estimate of drug-likeness (QED) is 0.220. The van der Waals surface area contributed by atoms with Gasteiger partial charge in [-0.1, -0.05) is 18.2 Å². The molecule has 1 aliphatic rings. The number of morpholine rings is 1. The third-order valence-electron chi connectivity index (χ3n) is 4.76. The summed E-state index contributed by atoms with van der Waals surface area (Å²) in [5.41, 5.74) is 1.14. The van der Waals surface area contributed by atoms with Crippen LogP contribution in [0.15, 0.2) is 53.7 Å². The fourth-order valence-electron chi connectivity index (χ4n) is 3.26. The van der Waals surface area contributed by atoms with Gasteiger partial charge in [0.25, 0.3) is 0 Å². The van der Waals surface area contributed by atoms with E-state index in [-0.39, 0.29) is 30.1 Å². The zero-order valence-electron chi connectivity index (χ0n) is 18.4. The lowest BCUT2D eigenvalue weighted by atomic mass is 10.2. The molecule has 2 heterocycles. The summed E-state index contributed by atoms with van der Waals surface area (Å²) in [4.78, 5) is 11.5. The van der Waals surface area contributed by atoms with Gasteiger partial charge >= 0.3 is 0 Å². The maximum Gasteiger partial charge on any atom is 0.191 e. The number of anilines is 1. The van der Waals surface area contributed by atoms with Gasteiger partial charge in [-0.3, -0.25) is 0 Å². The van der Waals surface area contributed by atoms with Crippen molar-refractivity contribution in [3.8, 4) is 5.75 Å². The van der Waals surface area contributed by atoms with Gasteiger partial charge in [0.15, 0.2) is 5.96 Å². The topological polar surface area (TPSA) is 71.0 Å². The van der Waals surface area contributed by atoms with E-state index in [1.165, 1.54) is 0 Å². The van der Waals surface area contributed by atoms with Gasteiger partial charge in [-0.2, -0.15) is 0 Å². The molecule has 7 nitrogen and oxygen atoms in total. The van der Waals surface area contributed by atoms with Gasteiger partial charge in [0.1, 0.15) is 11.6 Å². The average molecular weight is 539 g/mol. The number of guanidine groups is 1. The number of hydrogen-bond donors (Lipinski definition) is 2. The van der Waals surface area contributed by atoms with Gasteiger partial charge < -0.3 is 25.0 Å². The highest BCUT2D eigenvalue weighted by atomic mass is 127. The molecule has 2 N–H and O–H groups in total. The van der Waals surface area contributed by atoms with Crippen LogP contribution in [0.3, 0.4) is 0 Å². The van der Waals surface area contributed by atoms with Crippen LogP contribution in [0, 0.1) is 0 Å². The first-order valence-corrected chi connectivity index (χ1v) is 10.8. The van der Waals surface area contributed by atoms with Crippen LogP contribution in [0.2, 0.25) is 0 Å². The van der Waals surface area contributed by atoms with Gasteiger partial charge in [0.05, 0.1) is 25.9 Å². The molecule has 2 aromatic rings. The SMILES string of the molecule is CCNC(=NCc1ccnc(N2CCOC(C)C2)c1)NCCCOc1ccccc1.I. The Morgan fingerprint density at radius 1 is 1.26 bits per heavy atom. The van der Waals surface area contributed by atoms with E-state index in [2.05, 4.69) is 40.4 Å². The molecule has 1 aromatic carbocycles. The number of para-hydroxylation sites is 1. The number of aliphatic imine (C=N–C) groups is 1. The first-order chi connectivity index (χ1) is 14.7. The Bertz CT molecular complexity index is 791. The summed E-state index contributed by atoms with van der Waals surface area (Å²) in [5.74, 6) is 2.71. The maximum atomic E-state index is 5.73. The average Bonchev–Trinajstić information content (AvgIpc) is 2.78. The van der Waals surface area contributed by atoms with Crippen molar-refractivity contribution >= 4 is 35.8 Å². The molecule has 1 saturated heterocycles. The van der Waals surface area contributed by atoms with E-state index in [9.17, 15) is 0 Å². The lowest BCUT2D eigenvalue weighted by Crippen LogP contribution is -2.41. The maximum absolute atomic E-state index is 5.73. The molecular formula is C23H34IN5O2. The van der Waals surface area contributed by atoms with Crippen molar-refractivity contribution in [1.29, 1.82) is 0 Å². The lowest BCUT2D eigenvalue weighted by Gasteiger charge is -2.32. The summed E-state index contributed by atoms with van der Waals surface area (Å²) in [7, 11) is 0. The molecule has 0 radical (unpaired) electrons. The standard InChI is InChI=1S/C23H33N5O2.HI/c1-3-24-23(26-11-7-14-30-21-8-5-4-6-9-21)27-17-20-10-12-25-22(16-20)28-13-15-29-19(2)18-28;/h4-6,8-10,12,16,19H,3,7,11,13-15,17-18H2,1-2H3,(H2,24,26,27);1H. The lowest BCUT2D eigenvalue weighted by molar-refractivity contribution is 0.0529. The van der Waals surface area contributed by atoms with E-state index in [4.69, 9.17) is 14.5 Å². The molecular weight excluding hydrogens is 505 g/mol. The van der Waals surface area contributed by atoms with E-state index in [0.717, 1.165) is 62.3 Å². The van der Waals surface area contributed by atoms with Crippen LogP contribution in [-0.2, 0) is 11.3 Å². The van der Waals surface area contributed by atoms with E-state index in [1.807, 2.05) is 42.6 Å². The highest BCUT2D eigenvalue weighted by Gasteiger charge is 2.17. The number of benzene rings is 1. The second-order valence-electron chi connectivity index (χ2n) is 7.29. The molecule has 1 aromatic heterocycles. The predicted octanol–water partition coefficient (Wildman–Crippen LogP) is 3.45. The Balaban J connectivity index is 0.00000341.